The van der Waals surface area contributed by atoms with E-state index in [4.69, 9.17) is 0 Å². The maximum Gasteiger partial charge on any atom is 0.267 e. The van der Waals surface area contributed by atoms with Gasteiger partial charge in [-0.3, -0.25) is 14.7 Å². The number of rotatable bonds is 3. The second-order valence-corrected chi connectivity index (χ2v) is 6.70. The second kappa shape index (κ2) is 5.76. The van der Waals surface area contributed by atoms with Crippen molar-refractivity contribution in [1.82, 2.24) is 10.2 Å². The van der Waals surface area contributed by atoms with E-state index in [9.17, 15) is 14.9 Å². The van der Waals surface area contributed by atoms with Crippen LogP contribution in [0.3, 0.4) is 0 Å². The molecule has 7 heteroatoms. The van der Waals surface area contributed by atoms with Crippen molar-refractivity contribution < 1.29 is 9.59 Å². The Morgan fingerprint density at radius 1 is 1.16 bits per heavy atom. The average molecular weight is 348 g/mol. The Bertz CT molecular complexity index is 1030. The number of amides is 2. The van der Waals surface area contributed by atoms with Gasteiger partial charge in [-0.1, -0.05) is 31.2 Å². The van der Waals surface area contributed by atoms with E-state index < -0.39 is 11.8 Å². The van der Waals surface area contributed by atoms with Gasteiger partial charge in [-0.25, -0.2) is 4.90 Å². The normalized spacial score (nSPS) is 13.4. The van der Waals surface area contributed by atoms with Gasteiger partial charge >= 0.3 is 0 Å². The lowest BCUT2D eigenvalue weighted by Gasteiger charge is -2.26. The third-order valence-electron chi connectivity index (χ3n) is 4.10. The number of thioether (sulfide) groups is 1. The molecule has 25 heavy (non-hydrogen) atoms. The lowest BCUT2D eigenvalue weighted by atomic mass is 9.94. The third kappa shape index (κ3) is 2.15. The Hall–Kier alpha value is -3.11. The summed E-state index contributed by atoms with van der Waals surface area (Å²) in [7, 11) is 0. The molecule has 0 aliphatic carbocycles. The van der Waals surface area contributed by atoms with E-state index in [0.717, 1.165) is 16.0 Å². The van der Waals surface area contributed by atoms with Crippen molar-refractivity contribution >= 4 is 40.2 Å². The predicted molar refractivity (Wildman–Crippen MR) is 94.8 cm³/mol. The zero-order valence-corrected chi connectivity index (χ0v) is 14.1. The first-order valence-electron chi connectivity index (χ1n) is 7.69. The molecule has 122 valence electrons. The maximum absolute atomic E-state index is 13.0. The standard InChI is InChI=1S/C18H12N4O2S/c1-2-25-16-13(9-19)15(20-21-16)22-17(23)11-7-3-5-10-6-4-8-12(14(10)11)18(22)24/h3-8H,2H2,1H3,(H,20,21). The van der Waals surface area contributed by atoms with Crippen molar-refractivity contribution in [2.75, 3.05) is 10.7 Å². The molecule has 6 nitrogen and oxygen atoms in total. The lowest BCUT2D eigenvalue weighted by Crippen LogP contribution is -2.41. The molecule has 1 aliphatic heterocycles. The number of carbonyl (C=O) groups excluding carboxylic acids is 2. The molecule has 4 rings (SSSR count). The summed E-state index contributed by atoms with van der Waals surface area (Å²) in [4.78, 5) is 27.0. The molecule has 0 bridgehead atoms. The lowest BCUT2D eigenvalue weighted by molar-refractivity contribution is 0.0892. The summed E-state index contributed by atoms with van der Waals surface area (Å²) >= 11 is 1.38. The van der Waals surface area contributed by atoms with Crippen LogP contribution in [-0.2, 0) is 0 Å². The van der Waals surface area contributed by atoms with Crippen LogP contribution in [0.4, 0.5) is 5.82 Å². The van der Waals surface area contributed by atoms with E-state index in [1.54, 1.807) is 24.3 Å². The van der Waals surface area contributed by atoms with Gasteiger partial charge in [0, 0.05) is 16.5 Å². The van der Waals surface area contributed by atoms with Gasteiger partial charge in [0.2, 0.25) is 0 Å². The molecule has 2 amide bonds. The molecule has 0 atom stereocenters. The summed E-state index contributed by atoms with van der Waals surface area (Å²) in [5.41, 5.74) is 1.09. The van der Waals surface area contributed by atoms with Crippen molar-refractivity contribution in [3.8, 4) is 6.07 Å². The zero-order valence-electron chi connectivity index (χ0n) is 13.2. The van der Waals surface area contributed by atoms with Crippen molar-refractivity contribution in [2.45, 2.75) is 11.9 Å². The Balaban J connectivity index is 1.94. The quantitative estimate of drug-likeness (QED) is 0.579. The van der Waals surface area contributed by atoms with E-state index in [-0.39, 0.29) is 11.4 Å². The van der Waals surface area contributed by atoms with Crippen LogP contribution < -0.4 is 4.90 Å². The van der Waals surface area contributed by atoms with Crippen LogP contribution in [0, 0.1) is 11.3 Å². The topological polar surface area (TPSA) is 89.8 Å². The number of carbonyl (C=O) groups is 2. The fraction of sp³-hybridized carbons (Fsp3) is 0.111. The fourth-order valence-electron chi connectivity index (χ4n) is 3.05. The van der Waals surface area contributed by atoms with Gasteiger partial charge in [0.15, 0.2) is 5.82 Å². The first kappa shape index (κ1) is 15.4. The van der Waals surface area contributed by atoms with Crippen LogP contribution in [0.25, 0.3) is 10.8 Å². The highest BCUT2D eigenvalue weighted by Crippen LogP contribution is 2.35. The molecule has 0 saturated carbocycles. The number of aromatic nitrogens is 2. The number of imide groups is 1. The molecule has 0 saturated heterocycles. The van der Waals surface area contributed by atoms with Crippen LogP contribution in [0.5, 0.6) is 0 Å². The van der Waals surface area contributed by atoms with Crippen LogP contribution in [0.2, 0.25) is 0 Å². The summed E-state index contributed by atoms with van der Waals surface area (Å²) in [5.74, 6) is -0.0619. The third-order valence-corrected chi connectivity index (χ3v) is 4.96. The Kier molecular flexibility index (Phi) is 3.55. The monoisotopic (exact) mass is 348 g/mol. The van der Waals surface area contributed by atoms with Gasteiger partial charge in [-0.15, -0.1) is 11.8 Å². The minimum Gasteiger partial charge on any atom is -0.268 e. The number of nitrogens with one attached hydrogen (secondary N) is 1. The number of nitrogens with zero attached hydrogens (tertiary/aromatic N) is 3. The highest BCUT2D eigenvalue weighted by molar-refractivity contribution is 7.99. The van der Waals surface area contributed by atoms with Crippen molar-refractivity contribution in [2.24, 2.45) is 0 Å². The summed E-state index contributed by atoms with van der Waals surface area (Å²) in [6, 6.07) is 12.7. The molecule has 2 aromatic carbocycles. The van der Waals surface area contributed by atoms with E-state index in [0.29, 0.717) is 21.5 Å². The van der Waals surface area contributed by atoms with Gasteiger partial charge in [0.1, 0.15) is 16.7 Å². The molecule has 1 N–H and O–H groups in total. The summed E-state index contributed by atoms with van der Waals surface area (Å²) in [6.45, 7) is 1.94. The highest BCUT2D eigenvalue weighted by atomic mass is 32.2. The van der Waals surface area contributed by atoms with Gasteiger partial charge in [0.25, 0.3) is 11.8 Å². The van der Waals surface area contributed by atoms with Gasteiger partial charge in [-0.2, -0.15) is 10.4 Å². The van der Waals surface area contributed by atoms with Crippen LogP contribution >= 0.6 is 11.8 Å². The second-order valence-electron chi connectivity index (χ2n) is 5.45. The van der Waals surface area contributed by atoms with E-state index >= 15 is 0 Å². The number of hydrogen-bond acceptors (Lipinski definition) is 5. The van der Waals surface area contributed by atoms with Crippen molar-refractivity contribution in [1.29, 1.82) is 5.26 Å². The number of nitriles is 1. The molecular weight excluding hydrogens is 336 g/mol. The van der Waals surface area contributed by atoms with Crippen LogP contribution in [-0.4, -0.2) is 27.8 Å². The average Bonchev–Trinajstić information content (AvgIpc) is 3.02. The minimum absolute atomic E-state index is 0.125. The fourth-order valence-corrected chi connectivity index (χ4v) is 3.72. The Labute approximate surface area is 147 Å². The molecule has 1 aromatic heterocycles. The number of H-pyrrole nitrogens is 1. The zero-order chi connectivity index (χ0) is 17.6. The number of hydrogen-bond donors (Lipinski definition) is 1. The van der Waals surface area contributed by atoms with E-state index in [1.807, 2.05) is 19.1 Å². The SMILES string of the molecule is CCSc1n[nH]c(N2C(=O)c3cccc4cccc(c34)C2=O)c1C#N. The first-order valence-corrected chi connectivity index (χ1v) is 8.67. The van der Waals surface area contributed by atoms with Crippen LogP contribution in [0.1, 0.15) is 33.2 Å². The van der Waals surface area contributed by atoms with Crippen molar-refractivity contribution in [3.05, 3.63) is 53.1 Å². The molecule has 0 fully saturated rings. The Morgan fingerprint density at radius 2 is 1.80 bits per heavy atom. The van der Waals surface area contributed by atoms with E-state index in [1.165, 1.54) is 11.8 Å². The number of anilines is 1. The molecule has 1 aliphatic rings. The highest BCUT2D eigenvalue weighted by Gasteiger charge is 2.36. The molecule has 2 heterocycles. The van der Waals surface area contributed by atoms with Crippen molar-refractivity contribution in [3.63, 3.8) is 0 Å². The predicted octanol–water partition coefficient (Wildman–Crippen LogP) is 3.35. The summed E-state index contributed by atoms with van der Waals surface area (Å²) in [5, 5.41) is 18.3. The van der Waals surface area contributed by atoms with Gasteiger partial charge in [0.05, 0.1) is 0 Å². The summed E-state index contributed by atoms with van der Waals surface area (Å²) in [6.07, 6.45) is 0. The van der Waals surface area contributed by atoms with E-state index in [2.05, 4.69) is 16.3 Å². The molecule has 0 radical (unpaired) electrons. The minimum atomic E-state index is -0.456. The maximum atomic E-state index is 13.0. The summed E-state index contributed by atoms with van der Waals surface area (Å²) < 4.78 is 0. The molecular formula is C18H12N4O2S. The van der Waals surface area contributed by atoms with Gasteiger partial charge < -0.3 is 0 Å². The first-order chi connectivity index (χ1) is 12.2. The number of benzene rings is 2. The Morgan fingerprint density at radius 3 is 2.36 bits per heavy atom. The number of aromatic amines is 1. The molecule has 0 unspecified atom stereocenters. The molecule has 0 spiro atoms. The smallest absolute Gasteiger partial charge is 0.267 e. The van der Waals surface area contributed by atoms with Gasteiger partial charge in [-0.05, 0) is 23.3 Å². The van der Waals surface area contributed by atoms with Crippen LogP contribution in [0.15, 0.2) is 41.4 Å². The molecule has 3 aromatic rings. The largest absolute Gasteiger partial charge is 0.268 e.